The molecule has 0 unspecified atom stereocenters. The van der Waals surface area contributed by atoms with Crippen LogP contribution >= 0.6 is 0 Å². The summed E-state index contributed by atoms with van der Waals surface area (Å²) in [6.45, 7) is 3.40. The highest BCUT2D eigenvalue weighted by Crippen LogP contribution is 2.42. The second kappa shape index (κ2) is 3.99. The van der Waals surface area contributed by atoms with E-state index in [0.717, 1.165) is 6.07 Å². The standard InChI is InChI=1S/C13H13F2NO/c1-8-11(15)3-9(14)4-12(8)17-10-5-13(2,6-10)7-16/h3-4,10H,5-6H2,1-2H3. The molecule has 0 heterocycles. The normalized spacial score (nSPS) is 27.1. The second-order valence-electron chi connectivity index (χ2n) is 4.83. The van der Waals surface area contributed by atoms with E-state index in [1.54, 1.807) is 6.92 Å². The Labute approximate surface area is 98.8 Å². The fourth-order valence-corrected chi connectivity index (χ4v) is 2.04. The predicted molar refractivity (Wildman–Crippen MR) is 58.5 cm³/mol. The first-order valence-electron chi connectivity index (χ1n) is 5.47. The van der Waals surface area contributed by atoms with Crippen molar-refractivity contribution in [3.8, 4) is 11.8 Å². The van der Waals surface area contributed by atoms with Crippen LogP contribution in [0.3, 0.4) is 0 Å². The zero-order valence-corrected chi connectivity index (χ0v) is 9.76. The fraction of sp³-hybridized carbons (Fsp3) is 0.462. The first-order valence-corrected chi connectivity index (χ1v) is 5.47. The van der Waals surface area contributed by atoms with Crippen LogP contribution in [-0.4, -0.2) is 6.10 Å². The molecule has 0 saturated heterocycles. The molecule has 90 valence electrons. The largest absolute Gasteiger partial charge is 0.490 e. The summed E-state index contributed by atoms with van der Waals surface area (Å²) in [6, 6.07) is 4.22. The molecule has 0 radical (unpaired) electrons. The number of hydrogen-bond donors (Lipinski definition) is 0. The van der Waals surface area contributed by atoms with Crippen molar-refractivity contribution in [2.45, 2.75) is 32.8 Å². The van der Waals surface area contributed by atoms with E-state index in [-0.39, 0.29) is 17.3 Å². The van der Waals surface area contributed by atoms with E-state index in [9.17, 15) is 8.78 Å². The van der Waals surface area contributed by atoms with Crippen LogP contribution in [0.1, 0.15) is 25.3 Å². The molecule has 2 nitrogen and oxygen atoms in total. The molecular weight excluding hydrogens is 224 g/mol. The lowest BCUT2D eigenvalue weighted by Gasteiger charge is -2.39. The van der Waals surface area contributed by atoms with Gasteiger partial charge in [-0.2, -0.15) is 5.26 Å². The van der Waals surface area contributed by atoms with Crippen LogP contribution in [0.4, 0.5) is 8.78 Å². The van der Waals surface area contributed by atoms with Crippen LogP contribution in [0.15, 0.2) is 12.1 Å². The second-order valence-corrected chi connectivity index (χ2v) is 4.83. The molecule has 0 amide bonds. The third-order valence-electron chi connectivity index (χ3n) is 3.18. The van der Waals surface area contributed by atoms with Crippen molar-refractivity contribution in [3.05, 3.63) is 29.3 Å². The van der Waals surface area contributed by atoms with Crippen LogP contribution in [0, 0.1) is 35.3 Å². The topological polar surface area (TPSA) is 33.0 Å². The van der Waals surface area contributed by atoms with Crippen LogP contribution in [0.5, 0.6) is 5.75 Å². The Morgan fingerprint density at radius 3 is 2.65 bits per heavy atom. The Morgan fingerprint density at radius 2 is 2.06 bits per heavy atom. The van der Waals surface area contributed by atoms with Gasteiger partial charge in [-0.15, -0.1) is 0 Å². The summed E-state index contributed by atoms with van der Waals surface area (Å²) in [7, 11) is 0. The molecule has 0 bridgehead atoms. The highest BCUT2D eigenvalue weighted by atomic mass is 19.1. The summed E-state index contributed by atoms with van der Waals surface area (Å²) < 4.78 is 31.8. The minimum absolute atomic E-state index is 0.125. The van der Waals surface area contributed by atoms with Crippen molar-refractivity contribution in [2.75, 3.05) is 0 Å². The molecule has 1 saturated carbocycles. The van der Waals surface area contributed by atoms with Crippen LogP contribution in [0.25, 0.3) is 0 Å². The average Bonchev–Trinajstić information content (AvgIpc) is 2.22. The van der Waals surface area contributed by atoms with E-state index in [0.29, 0.717) is 18.4 Å². The summed E-state index contributed by atoms with van der Waals surface area (Å²) in [4.78, 5) is 0. The van der Waals surface area contributed by atoms with Gasteiger partial charge in [-0.1, -0.05) is 0 Å². The van der Waals surface area contributed by atoms with Gasteiger partial charge in [0, 0.05) is 30.5 Å². The van der Waals surface area contributed by atoms with Gasteiger partial charge in [0.25, 0.3) is 0 Å². The van der Waals surface area contributed by atoms with Gasteiger partial charge in [-0.3, -0.25) is 0 Å². The Balaban J connectivity index is 2.09. The summed E-state index contributed by atoms with van der Waals surface area (Å²) >= 11 is 0. The number of hydrogen-bond acceptors (Lipinski definition) is 2. The molecule has 0 atom stereocenters. The average molecular weight is 237 g/mol. The quantitative estimate of drug-likeness (QED) is 0.790. The predicted octanol–water partition coefficient (Wildman–Crippen LogP) is 3.34. The molecule has 1 aromatic carbocycles. The van der Waals surface area contributed by atoms with E-state index in [1.165, 1.54) is 6.07 Å². The van der Waals surface area contributed by atoms with E-state index in [2.05, 4.69) is 6.07 Å². The highest BCUT2D eigenvalue weighted by molar-refractivity contribution is 5.34. The molecule has 1 aromatic rings. The van der Waals surface area contributed by atoms with Gasteiger partial charge in [0.2, 0.25) is 0 Å². The molecule has 4 heteroatoms. The SMILES string of the molecule is Cc1c(F)cc(F)cc1OC1CC(C)(C#N)C1. The van der Waals surface area contributed by atoms with E-state index in [1.807, 2.05) is 6.92 Å². The molecule has 17 heavy (non-hydrogen) atoms. The number of halogens is 2. The monoisotopic (exact) mass is 237 g/mol. The van der Waals surface area contributed by atoms with Gasteiger partial charge < -0.3 is 4.74 Å². The third kappa shape index (κ3) is 2.23. The first-order chi connectivity index (χ1) is 7.93. The maximum atomic E-state index is 13.3. The summed E-state index contributed by atoms with van der Waals surface area (Å²) in [5.74, 6) is -1.03. The van der Waals surface area contributed by atoms with Crippen LogP contribution < -0.4 is 4.74 Å². The van der Waals surface area contributed by atoms with Crippen molar-refractivity contribution in [3.63, 3.8) is 0 Å². The van der Waals surface area contributed by atoms with Crippen LogP contribution in [-0.2, 0) is 0 Å². The number of rotatable bonds is 2. The summed E-state index contributed by atoms with van der Waals surface area (Å²) in [6.07, 6.45) is 1.07. The minimum Gasteiger partial charge on any atom is -0.490 e. The van der Waals surface area contributed by atoms with Gasteiger partial charge in [-0.25, -0.2) is 8.78 Å². The Kier molecular flexibility index (Phi) is 2.78. The Morgan fingerprint density at radius 1 is 1.41 bits per heavy atom. The molecular formula is C13H13F2NO. The van der Waals surface area contributed by atoms with E-state index in [4.69, 9.17) is 10.00 Å². The smallest absolute Gasteiger partial charge is 0.132 e. The van der Waals surface area contributed by atoms with Crippen LogP contribution in [0.2, 0.25) is 0 Å². The molecule has 1 aliphatic rings. The zero-order valence-electron chi connectivity index (χ0n) is 9.76. The zero-order chi connectivity index (χ0) is 12.6. The van der Waals surface area contributed by atoms with Gasteiger partial charge >= 0.3 is 0 Å². The van der Waals surface area contributed by atoms with Gasteiger partial charge in [0.05, 0.1) is 11.5 Å². The molecule has 0 aromatic heterocycles. The van der Waals surface area contributed by atoms with Crippen molar-refractivity contribution in [1.82, 2.24) is 0 Å². The minimum atomic E-state index is -0.648. The van der Waals surface area contributed by atoms with Crippen molar-refractivity contribution in [2.24, 2.45) is 5.41 Å². The lowest BCUT2D eigenvalue weighted by Crippen LogP contribution is -2.41. The molecule has 1 fully saturated rings. The number of ether oxygens (including phenoxy) is 1. The maximum absolute atomic E-state index is 13.3. The highest BCUT2D eigenvalue weighted by Gasteiger charge is 2.42. The van der Waals surface area contributed by atoms with Gasteiger partial charge in [0.15, 0.2) is 0 Å². The van der Waals surface area contributed by atoms with Crippen molar-refractivity contribution >= 4 is 0 Å². The van der Waals surface area contributed by atoms with Crippen molar-refractivity contribution < 1.29 is 13.5 Å². The van der Waals surface area contributed by atoms with E-state index < -0.39 is 11.6 Å². The van der Waals surface area contributed by atoms with E-state index >= 15 is 0 Å². The molecule has 0 spiro atoms. The Hall–Kier alpha value is -1.63. The number of benzene rings is 1. The summed E-state index contributed by atoms with van der Waals surface area (Å²) in [5.41, 5.74) is -0.0540. The van der Waals surface area contributed by atoms with Gasteiger partial charge in [-0.05, 0) is 13.8 Å². The first kappa shape index (κ1) is 11.8. The molecule has 2 rings (SSSR count). The lowest BCUT2D eigenvalue weighted by molar-refractivity contribution is 0.0331. The molecule has 0 aliphatic heterocycles. The number of nitriles is 1. The fourth-order valence-electron chi connectivity index (χ4n) is 2.04. The molecule has 1 aliphatic carbocycles. The number of nitrogens with zero attached hydrogens (tertiary/aromatic N) is 1. The van der Waals surface area contributed by atoms with Crippen molar-refractivity contribution in [1.29, 1.82) is 5.26 Å². The lowest BCUT2D eigenvalue weighted by atomic mass is 9.69. The third-order valence-corrected chi connectivity index (χ3v) is 3.18. The maximum Gasteiger partial charge on any atom is 0.132 e. The summed E-state index contributed by atoms with van der Waals surface area (Å²) in [5, 5.41) is 8.85. The molecule has 0 N–H and O–H groups in total. The Bertz CT molecular complexity index is 487. The van der Waals surface area contributed by atoms with Gasteiger partial charge in [0.1, 0.15) is 23.5 Å².